The lowest BCUT2D eigenvalue weighted by atomic mass is 9.90. The molecule has 13 heteroatoms. The van der Waals surface area contributed by atoms with E-state index in [1.165, 1.54) is 18.2 Å². The zero-order chi connectivity index (χ0) is 25.3. The fourth-order valence-corrected chi connectivity index (χ4v) is 4.51. The van der Waals surface area contributed by atoms with Gasteiger partial charge in [0.25, 0.3) is 0 Å². The van der Waals surface area contributed by atoms with E-state index in [1.807, 2.05) is 0 Å². The van der Waals surface area contributed by atoms with E-state index in [1.54, 1.807) is 6.07 Å². The van der Waals surface area contributed by atoms with E-state index in [4.69, 9.17) is 10.5 Å². The Morgan fingerprint density at radius 3 is 2.41 bits per heavy atom. The van der Waals surface area contributed by atoms with Crippen LogP contribution in [-0.2, 0) is 19.6 Å². The van der Waals surface area contributed by atoms with Gasteiger partial charge < -0.3 is 9.47 Å². The molecule has 1 saturated heterocycles. The number of esters is 1. The maximum Gasteiger partial charge on any atom is 0.490 e. The molecule has 2 aromatic rings. The number of carbonyl (C=O) groups excluding carboxylic acids is 1. The first-order valence-corrected chi connectivity index (χ1v) is 11.8. The van der Waals surface area contributed by atoms with Crippen molar-refractivity contribution in [3.63, 3.8) is 0 Å². The van der Waals surface area contributed by atoms with Crippen LogP contribution in [0.15, 0.2) is 42.5 Å². The van der Waals surface area contributed by atoms with Gasteiger partial charge in [0.05, 0.1) is 12.8 Å². The van der Waals surface area contributed by atoms with Crippen molar-refractivity contribution < 1.29 is 44.6 Å². The van der Waals surface area contributed by atoms with Crippen molar-refractivity contribution in [2.45, 2.75) is 30.8 Å². The molecule has 1 aliphatic rings. The second kappa shape index (κ2) is 9.84. The molecule has 0 radical (unpaired) electrons. The fourth-order valence-electron chi connectivity index (χ4n) is 3.62. The Bertz CT molecular complexity index is 1160. The third kappa shape index (κ3) is 6.21. The monoisotopic (exact) mass is 508 g/mol. The van der Waals surface area contributed by atoms with E-state index in [0.29, 0.717) is 0 Å². The summed E-state index contributed by atoms with van der Waals surface area (Å²) in [5.41, 5.74) is 5.57. The molecule has 3 atom stereocenters. The number of sulfonamides is 1. The standard InChI is InChI=1S/C21H21F5N2O5S/c1-34(30,31)28-10-13(15-4-2-3-5-16(15)22)8-14(11-28)32-18-9-12(6-7-17(18)23)19(27)33-20(29)21(24,25)26/h2-7,9,13-14,19H,8,10-11,27H2,1H3/t13-,14-,19?/m0/s1. The molecule has 0 spiro atoms. The number of nitrogens with two attached hydrogens (primary N) is 1. The number of ether oxygens (including phenoxy) is 2. The van der Waals surface area contributed by atoms with E-state index in [9.17, 15) is 35.2 Å². The lowest BCUT2D eigenvalue weighted by Gasteiger charge is -2.36. The van der Waals surface area contributed by atoms with Crippen molar-refractivity contribution >= 4 is 16.0 Å². The Morgan fingerprint density at radius 2 is 1.79 bits per heavy atom. The minimum atomic E-state index is -5.27. The molecule has 0 aromatic heterocycles. The highest BCUT2D eigenvalue weighted by atomic mass is 32.2. The van der Waals surface area contributed by atoms with Gasteiger partial charge in [0, 0.05) is 18.0 Å². The van der Waals surface area contributed by atoms with Crippen LogP contribution in [-0.4, -0.2) is 50.3 Å². The predicted molar refractivity (Wildman–Crippen MR) is 110 cm³/mol. The van der Waals surface area contributed by atoms with Gasteiger partial charge in [0.1, 0.15) is 11.9 Å². The highest BCUT2D eigenvalue weighted by Crippen LogP contribution is 2.33. The van der Waals surface area contributed by atoms with E-state index in [2.05, 4.69) is 4.74 Å². The summed E-state index contributed by atoms with van der Waals surface area (Å²) in [5.74, 6) is -5.00. The molecule has 34 heavy (non-hydrogen) atoms. The molecule has 2 N–H and O–H groups in total. The number of nitrogens with zero attached hydrogens (tertiary/aromatic N) is 1. The van der Waals surface area contributed by atoms with Crippen molar-refractivity contribution in [3.8, 4) is 5.75 Å². The maximum absolute atomic E-state index is 14.4. The highest BCUT2D eigenvalue weighted by molar-refractivity contribution is 7.88. The number of halogens is 5. The van der Waals surface area contributed by atoms with E-state index in [0.717, 1.165) is 28.8 Å². The number of benzene rings is 2. The van der Waals surface area contributed by atoms with E-state index in [-0.39, 0.29) is 30.6 Å². The molecule has 186 valence electrons. The molecule has 3 rings (SSSR count). The van der Waals surface area contributed by atoms with Crippen LogP contribution in [0.3, 0.4) is 0 Å². The molecule has 0 bridgehead atoms. The van der Waals surface area contributed by atoms with Gasteiger partial charge in [0.2, 0.25) is 10.0 Å². The summed E-state index contributed by atoms with van der Waals surface area (Å²) in [5, 5.41) is 0. The maximum atomic E-state index is 14.4. The van der Waals surface area contributed by atoms with E-state index >= 15 is 0 Å². The molecular formula is C21H21F5N2O5S. The van der Waals surface area contributed by atoms with Crippen molar-refractivity contribution in [1.29, 1.82) is 0 Å². The topological polar surface area (TPSA) is 98.9 Å². The van der Waals surface area contributed by atoms with Crippen LogP contribution in [0, 0.1) is 11.6 Å². The predicted octanol–water partition coefficient (Wildman–Crippen LogP) is 3.22. The largest absolute Gasteiger partial charge is 0.490 e. The van der Waals surface area contributed by atoms with Crippen LogP contribution in [0.1, 0.15) is 29.7 Å². The molecule has 1 heterocycles. The lowest BCUT2D eigenvalue weighted by Crippen LogP contribution is -2.47. The first-order chi connectivity index (χ1) is 15.8. The highest BCUT2D eigenvalue weighted by Gasteiger charge is 2.42. The molecule has 0 saturated carbocycles. The smallest absolute Gasteiger partial charge is 0.486 e. The summed E-state index contributed by atoms with van der Waals surface area (Å²) < 4.78 is 101. The van der Waals surface area contributed by atoms with Gasteiger partial charge in [0.15, 0.2) is 17.8 Å². The Kier molecular flexibility index (Phi) is 7.48. The molecule has 1 fully saturated rings. The Labute approximate surface area is 192 Å². The summed E-state index contributed by atoms with van der Waals surface area (Å²) in [6.45, 7) is -0.178. The number of hydrogen-bond acceptors (Lipinski definition) is 6. The van der Waals surface area contributed by atoms with Gasteiger partial charge in [-0.1, -0.05) is 24.3 Å². The van der Waals surface area contributed by atoms with Gasteiger partial charge in [-0.25, -0.2) is 22.0 Å². The van der Waals surface area contributed by atoms with Crippen LogP contribution in [0.25, 0.3) is 0 Å². The van der Waals surface area contributed by atoms with Crippen LogP contribution >= 0.6 is 0 Å². The first kappa shape index (κ1) is 25.8. The number of alkyl halides is 3. The molecule has 1 aliphatic heterocycles. The van der Waals surface area contributed by atoms with Gasteiger partial charge in [-0.2, -0.15) is 17.5 Å². The quantitative estimate of drug-likeness (QED) is 0.366. The second-order valence-electron chi connectivity index (χ2n) is 7.79. The summed E-state index contributed by atoms with van der Waals surface area (Å²) >= 11 is 0. The van der Waals surface area contributed by atoms with Crippen LogP contribution < -0.4 is 10.5 Å². The Morgan fingerprint density at radius 1 is 1.12 bits per heavy atom. The van der Waals surface area contributed by atoms with Crippen molar-refractivity contribution in [2.24, 2.45) is 5.73 Å². The number of rotatable bonds is 6. The summed E-state index contributed by atoms with van der Waals surface area (Å²) in [4.78, 5) is 11.0. The van der Waals surface area contributed by atoms with E-state index < -0.39 is 57.8 Å². The molecule has 0 aliphatic carbocycles. The van der Waals surface area contributed by atoms with Gasteiger partial charge in [-0.05, 0) is 30.2 Å². The normalized spacial score (nSPS) is 20.6. The van der Waals surface area contributed by atoms with Crippen LogP contribution in [0.2, 0.25) is 0 Å². The van der Waals surface area contributed by atoms with Crippen LogP contribution in [0.4, 0.5) is 22.0 Å². The van der Waals surface area contributed by atoms with Crippen molar-refractivity contribution in [3.05, 3.63) is 65.2 Å². The zero-order valence-electron chi connectivity index (χ0n) is 17.8. The number of piperidine rings is 1. The molecule has 2 aromatic carbocycles. The SMILES string of the molecule is CS(=O)(=O)N1C[C@@H](Oc2cc(C(N)OC(=O)C(F)(F)F)ccc2F)C[C@H](c2ccccc2F)C1. The summed E-state index contributed by atoms with van der Waals surface area (Å²) in [7, 11) is -3.71. The second-order valence-corrected chi connectivity index (χ2v) is 9.77. The van der Waals surface area contributed by atoms with Crippen molar-refractivity contribution in [1.82, 2.24) is 4.31 Å². The number of hydrogen-bond donors (Lipinski definition) is 1. The molecule has 1 unspecified atom stereocenters. The third-order valence-corrected chi connectivity index (χ3v) is 6.47. The minimum Gasteiger partial charge on any atom is -0.486 e. The average molecular weight is 508 g/mol. The molecular weight excluding hydrogens is 487 g/mol. The Balaban J connectivity index is 1.84. The zero-order valence-corrected chi connectivity index (χ0v) is 18.6. The molecule has 0 amide bonds. The first-order valence-electron chi connectivity index (χ1n) is 9.94. The summed E-state index contributed by atoms with van der Waals surface area (Å²) in [6, 6.07) is 8.66. The van der Waals surface area contributed by atoms with Gasteiger partial charge in [-0.15, -0.1) is 0 Å². The van der Waals surface area contributed by atoms with Crippen LogP contribution in [0.5, 0.6) is 5.75 Å². The minimum absolute atomic E-state index is 0.0135. The Hall–Kier alpha value is -2.77. The number of carbonyl (C=O) groups is 1. The van der Waals surface area contributed by atoms with Crippen molar-refractivity contribution in [2.75, 3.05) is 19.3 Å². The summed E-state index contributed by atoms with van der Waals surface area (Å²) in [6.07, 6.45) is -6.95. The fraction of sp³-hybridized carbons (Fsp3) is 0.381. The third-order valence-electron chi connectivity index (χ3n) is 5.24. The average Bonchev–Trinajstić information content (AvgIpc) is 2.74. The van der Waals surface area contributed by atoms with Gasteiger partial charge in [-0.3, -0.25) is 5.73 Å². The lowest BCUT2D eigenvalue weighted by molar-refractivity contribution is -0.205. The van der Waals surface area contributed by atoms with Gasteiger partial charge >= 0.3 is 12.1 Å². The molecule has 7 nitrogen and oxygen atoms in total.